The number of fused-ring (bicyclic) bond motifs is 1. The van der Waals surface area contributed by atoms with E-state index < -0.39 is 0 Å². The highest BCUT2D eigenvalue weighted by molar-refractivity contribution is 5.84. The van der Waals surface area contributed by atoms with Gasteiger partial charge in [0, 0.05) is 11.6 Å². The summed E-state index contributed by atoms with van der Waals surface area (Å²) in [5.74, 6) is -0.648. The van der Waals surface area contributed by atoms with Gasteiger partial charge in [0.05, 0.1) is 0 Å². The lowest BCUT2D eigenvalue weighted by molar-refractivity contribution is -0.684. The molecule has 1 N–H and O–H groups in total. The Hall–Kier alpha value is -1.67. The van der Waals surface area contributed by atoms with Crippen LogP contribution >= 0.6 is 0 Å². The van der Waals surface area contributed by atoms with Gasteiger partial charge in [-0.15, -0.1) is 5.73 Å². The Kier molecular flexibility index (Phi) is 2.52. The monoisotopic (exact) mass is 201 g/mol. The van der Waals surface area contributed by atoms with Gasteiger partial charge in [0.2, 0.25) is 0 Å². The van der Waals surface area contributed by atoms with Crippen LogP contribution in [0.25, 0.3) is 0 Å². The SMILES string of the molecule is C=C=CCC1C(=O)[NH+]([O-])c2ccccc21. The molecule has 76 valence electrons. The van der Waals surface area contributed by atoms with Crippen LogP contribution < -0.4 is 5.06 Å². The van der Waals surface area contributed by atoms with Crippen LogP contribution in [0.3, 0.4) is 0 Å². The van der Waals surface area contributed by atoms with Crippen LogP contribution in [0.15, 0.2) is 42.7 Å². The van der Waals surface area contributed by atoms with E-state index in [0.29, 0.717) is 12.1 Å². The molecule has 2 rings (SSSR count). The topological polar surface area (TPSA) is 44.6 Å². The fourth-order valence-electron chi connectivity index (χ4n) is 1.88. The highest BCUT2D eigenvalue weighted by Gasteiger charge is 2.37. The molecular weight excluding hydrogens is 190 g/mol. The zero-order chi connectivity index (χ0) is 10.8. The lowest BCUT2D eigenvalue weighted by atomic mass is 9.97. The van der Waals surface area contributed by atoms with Crippen molar-refractivity contribution in [3.8, 4) is 0 Å². The van der Waals surface area contributed by atoms with Crippen molar-refractivity contribution in [1.82, 2.24) is 0 Å². The minimum atomic E-state index is -0.368. The normalized spacial score (nSPS) is 23.4. The lowest BCUT2D eigenvalue weighted by Gasteiger charge is -2.12. The summed E-state index contributed by atoms with van der Waals surface area (Å²) in [6.45, 7) is 3.44. The Labute approximate surface area is 87.9 Å². The van der Waals surface area contributed by atoms with Crippen LogP contribution in [0.2, 0.25) is 0 Å². The van der Waals surface area contributed by atoms with Crippen molar-refractivity contribution in [2.45, 2.75) is 12.3 Å². The number of rotatable bonds is 2. The minimum absolute atomic E-state index is 0.317. The molecule has 1 aliphatic rings. The number of hydroxylamine groups is 1. The highest BCUT2D eigenvalue weighted by Crippen LogP contribution is 2.29. The third-order valence-electron chi connectivity index (χ3n) is 2.62. The fourth-order valence-corrected chi connectivity index (χ4v) is 1.88. The summed E-state index contributed by atoms with van der Waals surface area (Å²) >= 11 is 0. The molecule has 1 aromatic rings. The average molecular weight is 201 g/mol. The molecule has 0 bridgehead atoms. The smallest absolute Gasteiger partial charge is 0.325 e. The molecule has 1 amide bonds. The molecule has 2 atom stereocenters. The summed E-state index contributed by atoms with van der Waals surface area (Å²) in [5, 5.41) is 11.2. The van der Waals surface area contributed by atoms with Crippen LogP contribution in [0, 0.1) is 5.21 Å². The van der Waals surface area contributed by atoms with E-state index in [-0.39, 0.29) is 16.9 Å². The molecule has 15 heavy (non-hydrogen) atoms. The van der Waals surface area contributed by atoms with Crippen molar-refractivity contribution in [1.29, 1.82) is 0 Å². The number of carbonyl (C=O) groups is 1. The number of para-hydroxylation sites is 1. The van der Waals surface area contributed by atoms with Gasteiger partial charge in [0.1, 0.15) is 11.6 Å². The summed E-state index contributed by atoms with van der Waals surface area (Å²) in [4.78, 5) is 11.7. The van der Waals surface area contributed by atoms with Gasteiger partial charge in [-0.25, -0.2) is 4.79 Å². The van der Waals surface area contributed by atoms with Crippen molar-refractivity contribution in [2.24, 2.45) is 0 Å². The zero-order valence-electron chi connectivity index (χ0n) is 8.19. The summed E-state index contributed by atoms with van der Waals surface area (Å²) in [7, 11) is 0. The first-order valence-electron chi connectivity index (χ1n) is 4.77. The van der Waals surface area contributed by atoms with Crippen molar-refractivity contribution in [2.75, 3.05) is 0 Å². The fraction of sp³-hybridized carbons (Fsp3) is 0.167. The van der Waals surface area contributed by atoms with Crippen LogP contribution in [-0.2, 0) is 4.79 Å². The maximum Gasteiger partial charge on any atom is 0.325 e. The van der Waals surface area contributed by atoms with E-state index in [1.165, 1.54) is 0 Å². The van der Waals surface area contributed by atoms with Crippen molar-refractivity contribution in [3.05, 3.63) is 53.4 Å². The standard InChI is InChI=1S/C12H11NO2/c1-2-3-6-10-9-7-4-5-8-11(9)13(15)12(10)14/h3-5,7-8,10,13H,1,6H2. The van der Waals surface area contributed by atoms with E-state index in [4.69, 9.17) is 0 Å². The Morgan fingerprint density at radius 1 is 1.53 bits per heavy atom. The van der Waals surface area contributed by atoms with Gasteiger partial charge in [0.25, 0.3) is 0 Å². The number of carbonyl (C=O) groups excluding carboxylic acids is 1. The van der Waals surface area contributed by atoms with Crippen molar-refractivity contribution < 1.29 is 9.86 Å². The quantitative estimate of drug-likeness (QED) is 0.574. The number of hydrogen-bond donors (Lipinski definition) is 1. The van der Waals surface area contributed by atoms with Gasteiger partial charge in [-0.2, -0.15) is 0 Å². The molecule has 1 heterocycles. The number of allylic oxidation sites excluding steroid dienone is 1. The highest BCUT2D eigenvalue weighted by atomic mass is 16.5. The molecule has 0 aromatic heterocycles. The van der Waals surface area contributed by atoms with E-state index in [2.05, 4.69) is 12.3 Å². The van der Waals surface area contributed by atoms with E-state index in [1.807, 2.05) is 12.1 Å². The Morgan fingerprint density at radius 3 is 3.00 bits per heavy atom. The maximum absolute atomic E-state index is 11.7. The van der Waals surface area contributed by atoms with Crippen LogP contribution in [0.4, 0.5) is 5.69 Å². The van der Waals surface area contributed by atoms with Crippen molar-refractivity contribution >= 4 is 11.6 Å². The average Bonchev–Trinajstić information content (AvgIpc) is 2.51. The second-order valence-corrected chi connectivity index (χ2v) is 3.48. The first kappa shape index (κ1) is 9.87. The molecule has 0 aliphatic carbocycles. The molecule has 0 saturated carbocycles. The molecule has 0 fully saturated rings. The van der Waals surface area contributed by atoms with Gasteiger partial charge in [-0.1, -0.05) is 24.8 Å². The first-order chi connectivity index (χ1) is 7.25. The molecule has 0 saturated heterocycles. The van der Waals surface area contributed by atoms with Crippen LogP contribution in [-0.4, -0.2) is 5.91 Å². The summed E-state index contributed by atoms with van der Waals surface area (Å²) < 4.78 is 0. The molecule has 0 spiro atoms. The second-order valence-electron chi connectivity index (χ2n) is 3.48. The molecule has 3 heteroatoms. The van der Waals surface area contributed by atoms with E-state index in [9.17, 15) is 10.0 Å². The lowest BCUT2D eigenvalue weighted by Crippen LogP contribution is -3.03. The molecule has 1 aromatic carbocycles. The number of benzene rings is 1. The number of amides is 1. The predicted molar refractivity (Wildman–Crippen MR) is 56.5 cm³/mol. The number of hydrogen-bond acceptors (Lipinski definition) is 2. The zero-order valence-corrected chi connectivity index (χ0v) is 8.19. The maximum atomic E-state index is 11.7. The number of quaternary nitrogens is 1. The minimum Gasteiger partial charge on any atom is -0.621 e. The summed E-state index contributed by atoms with van der Waals surface area (Å²) in [5.41, 5.74) is 4.00. The number of nitrogens with one attached hydrogen (secondary N) is 1. The van der Waals surface area contributed by atoms with E-state index in [0.717, 1.165) is 5.56 Å². The summed E-state index contributed by atoms with van der Waals surface area (Å²) in [6, 6.07) is 7.15. The molecule has 2 unspecified atom stereocenters. The summed E-state index contributed by atoms with van der Waals surface area (Å²) in [6.07, 6.45) is 2.20. The van der Waals surface area contributed by atoms with Gasteiger partial charge >= 0.3 is 5.91 Å². The van der Waals surface area contributed by atoms with Crippen LogP contribution in [0.5, 0.6) is 0 Å². The predicted octanol–water partition coefficient (Wildman–Crippen LogP) is 1.06. The molecular formula is C12H11NO2. The van der Waals surface area contributed by atoms with Crippen LogP contribution in [0.1, 0.15) is 17.9 Å². The first-order valence-corrected chi connectivity index (χ1v) is 4.77. The van der Waals surface area contributed by atoms with E-state index in [1.54, 1.807) is 18.2 Å². The second kappa shape index (κ2) is 3.83. The molecule has 0 radical (unpaired) electrons. The Morgan fingerprint density at radius 2 is 2.27 bits per heavy atom. The largest absolute Gasteiger partial charge is 0.621 e. The Bertz CT molecular complexity index is 447. The third kappa shape index (κ3) is 1.53. The van der Waals surface area contributed by atoms with Crippen molar-refractivity contribution in [3.63, 3.8) is 0 Å². The van der Waals surface area contributed by atoms with Gasteiger partial charge < -0.3 is 5.21 Å². The molecule has 3 nitrogen and oxygen atoms in total. The van der Waals surface area contributed by atoms with Gasteiger partial charge in [-0.05, 0) is 12.5 Å². The van der Waals surface area contributed by atoms with Gasteiger partial charge in [0.15, 0.2) is 0 Å². The van der Waals surface area contributed by atoms with Gasteiger partial charge in [-0.3, -0.25) is 5.06 Å². The third-order valence-corrected chi connectivity index (χ3v) is 2.62. The van der Waals surface area contributed by atoms with E-state index >= 15 is 0 Å². The molecule has 1 aliphatic heterocycles. The Balaban J connectivity index is 2.42.